The first-order valence-electron chi connectivity index (χ1n) is 8.05. The molecule has 0 radical (unpaired) electrons. The number of carbonyl (C=O) groups is 1. The normalized spacial score (nSPS) is 10.4. The van der Waals surface area contributed by atoms with Gasteiger partial charge in [-0.15, -0.1) is 11.3 Å². The van der Waals surface area contributed by atoms with Gasteiger partial charge in [0.15, 0.2) is 0 Å². The van der Waals surface area contributed by atoms with E-state index in [1.807, 2.05) is 37.3 Å². The molecule has 3 aromatic rings. The Morgan fingerprint density at radius 2 is 2.04 bits per heavy atom. The Balaban J connectivity index is 1.53. The van der Waals surface area contributed by atoms with Crippen molar-refractivity contribution in [3.05, 3.63) is 69.8 Å². The molecule has 0 atom stereocenters. The highest BCUT2D eigenvalue weighted by Crippen LogP contribution is 2.16. The molecule has 0 saturated carbocycles. The lowest BCUT2D eigenvalue weighted by molar-refractivity contribution is 0.0946. The van der Waals surface area contributed by atoms with Crippen molar-refractivity contribution in [3.63, 3.8) is 0 Å². The minimum absolute atomic E-state index is 0.224. The van der Waals surface area contributed by atoms with Crippen LogP contribution in [0, 0.1) is 6.92 Å². The lowest BCUT2D eigenvalue weighted by Crippen LogP contribution is -2.23. The highest BCUT2D eigenvalue weighted by Gasteiger charge is 2.11. The zero-order chi connectivity index (χ0) is 18.4. The minimum atomic E-state index is -0.224. The van der Waals surface area contributed by atoms with Crippen molar-refractivity contribution in [2.75, 3.05) is 7.11 Å². The van der Waals surface area contributed by atoms with E-state index in [1.165, 1.54) is 16.9 Å². The molecular weight excluding hydrogens is 350 g/mol. The summed E-state index contributed by atoms with van der Waals surface area (Å²) in [5.41, 5.74) is 2.47. The highest BCUT2D eigenvalue weighted by atomic mass is 32.1. The van der Waals surface area contributed by atoms with Crippen molar-refractivity contribution in [2.45, 2.75) is 20.1 Å². The first kappa shape index (κ1) is 17.9. The van der Waals surface area contributed by atoms with Gasteiger partial charge in [-0.05, 0) is 30.7 Å². The number of methoxy groups -OCH3 is 1. The second kappa shape index (κ2) is 8.44. The number of aryl methyl sites for hydroxylation is 1. The molecule has 3 rings (SSSR count). The van der Waals surface area contributed by atoms with Crippen molar-refractivity contribution in [1.29, 1.82) is 0 Å². The van der Waals surface area contributed by atoms with Crippen LogP contribution in [0.4, 0.5) is 0 Å². The summed E-state index contributed by atoms with van der Waals surface area (Å²) in [7, 11) is 1.56. The van der Waals surface area contributed by atoms with E-state index in [0.717, 1.165) is 16.3 Å². The third-order valence-electron chi connectivity index (χ3n) is 3.63. The van der Waals surface area contributed by atoms with Gasteiger partial charge >= 0.3 is 0 Å². The van der Waals surface area contributed by atoms with Gasteiger partial charge < -0.3 is 14.8 Å². The summed E-state index contributed by atoms with van der Waals surface area (Å²) >= 11 is 1.40. The van der Waals surface area contributed by atoms with Crippen molar-refractivity contribution in [3.8, 4) is 11.6 Å². The van der Waals surface area contributed by atoms with Crippen LogP contribution in [0.2, 0.25) is 0 Å². The first-order chi connectivity index (χ1) is 12.6. The molecule has 26 heavy (non-hydrogen) atoms. The Morgan fingerprint density at radius 1 is 1.23 bits per heavy atom. The standard InChI is InChI=1S/C19H19N3O3S/c1-13-3-5-15(6-4-13)25-11-18-22-16(12-26-18)19(23)21-10-14-7-8-20-17(9-14)24-2/h3-9,12H,10-11H2,1-2H3,(H,21,23). The zero-order valence-corrected chi connectivity index (χ0v) is 15.4. The Kier molecular flexibility index (Phi) is 5.80. The SMILES string of the molecule is COc1cc(CNC(=O)c2csc(COc3ccc(C)cc3)n2)ccn1. The number of rotatable bonds is 7. The number of hydrogen-bond donors (Lipinski definition) is 1. The molecule has 1 N–H and O–H groups in total. The number of hydrogen-bond acceptors (Lipinski definition) is 6. The molecule has 134 valence electrons. The number of aromatic nitrogens is 2. The van der Waals surface area contributed by atoms with Crippen molar-refractivity contribution < 1.29 is 14.3 Å². The van der Waals surface area contributed by atoms with Crippen LogP contribution < -0.4 is 14.8 Å². The molecule has 1 amide bonds. The molecule has 0 bridgehead atoms. The van der Waals surface area contributed by atoms with Gasteiger partial charge in [-0.1, -0.05) is 17.7 Å². The number of amides is 1. The van der Waals surface area contributed by atoms with Crippen LogP contribution in [0.25, 0.3) is 0 Å². The van der Waals surface area contributed by atoms with E-state index >= 15 is 0 Å². The van der Waals surface area contributed by atoms with Gasteiger partial charge in [-0.3, -0.25) is 4.79 Å². The van der Waals surface area contributed by atoms with E-state index in [9.17, 15) is 4.79 Å². The minimum Gasteiger partial charge on any atom is -0.486 e. The molecule has 1 aromatic carbocycles. The molecule has 0 fully saturated rings. The maximum absolute atomic E-state index is 12.2. The predicted molar refractivity (Wildman–Crippen MR) is 99.6 cm³/mol. The quantitative estimate of drug-likeness (QED) is 0.691. The molecule has 2 aromatic heterocycles. The molecule has 7 heteroatoms. The number of nitrogens with zero attached hydrogens (tertiary/aromatic N) is 2. The van der Waals surface area contributed by atoms with Crippen LogP contribution in [0.15, 0.2) is 48.0 Å². The number of nitrogens with one attached hydrogen (secondary N) is 1. The fourth-order valence-corrected chi connectivity index (χ4v) is 2.89. The molecule has 6 nitrogen and oxygen atoms in total. The van der Waals surface area contributed by atoms with Crippen LogP contribution in [0.1, 0.15) is 26.6 Å². The van der Waals surface area contributed by atoms with Crippen LogP contribution in [-0.2, 0) is 13.2 Å². The van der Waals surface area contributed by atoms with Crippen molar-refractivity contribution in [1.82, 2.24) is 15.3 Å². The number of ether oxygens (including phenoxy) is 2. The average molecular weight is 369 g/mol. The number of carbonyl (C=O) groups excluding carboxylic acids is 1. The second-order valence-electron chi connectivity index (χ2n) is 5.62. The van der Waals surface area contributed by atoms with Gasteiger partial charge in [0.05, 0.1) is 7.11 Å². The predicted octanol–water partition coefficient (Wildman–Crippen LogP) is 3.36. The van der Waals surface area contributed by atoms with Gasteiger partial charge in [0.25, 0.3) is 5.91 Å². The molecule has 0 saturated heterocycles. The largest absolute Gasteiger partial charge is 0.486 e. The van der Waals surface area contributed by atoms with E-state index in [-0.39, 0.29) is 5.91 Å². The summed E-state index contributed by atoms with van der Waals surface area (Å²) < 4.78 is 10.8. The molecule has 2 heterocycles. The fourth-order valence-electron chi connectivity index (χ4n) is 2.21. The Morgan fingerprint density at radius 3 is 2.81 bits per heavy atom. The number of benzene rings is 1. The zero-order valence-electron chi connectivity index (χ0n) is 14.6. The lowest BCUT2D eigenvalue weighted by atomic mass is 10.2. The van der Waals surface area contributed by atoms with E-state index < -0.39 is 0 Å². The topological polar surface area (TPSA) is 73.3 Å². The second-order valence-corrected chi connectivity index (χ2v) is 6.56. The maximum atomic E-state index is 12.2. The summed E-state index contributed by atoms with van der Waals surface area (Å²) in [5.74, 6) is 1.07. The van der Waals surface area contributed by atoms with Gasteiger partial charge in [-0.25, -0.2) is 9.97 Å². The molecule has 0 aliphatic heterocycles. The molecule has 0 unspecified atom stereocenters. The monoisotopic (exact) mass is 369 g/mol. The smallest absolute Gasteiger partial charge is 0.271 e. The van der Waals surface area contributed by atoms with E-state index in [1.54, 1.807) is 24.8 Å². The summed E-state index contributed by atoms with van der Waals surface area (Å²) in [6.07, 6.45) is 1.64. The fraction of sp³-hybridized carbons (Fsp3) is 0.211. The third kappa shape index (κ3) is 4.80. The summed E-state index contributed by atoms with van der Waals surface area (Å²) in [6.45, 7) is 2.74. The Bertz CT molecular complexity index is 878. The molecule has 0 aliphatic rings. The number of thiazole rings is 1. The van der Waals surface area contributed by atoms with Gasteiger partial charge in [0, 0.05) is 24.2 Å². The van der Waals surface area contributed by atoms with Gasteiger partial charge in [-0.2, -0.15) is 0 Å². The van der Waals surface area contributed by atoms with Crippen LogP contribution in [0.3, 0.4) is 0 Å². The van der Waals surface area contributed by atoms with Crippen LogP contribution in [-0.4, -0.2) is 23.0 Å². The molecule has 0 aliphatic carbocycles. The van der Waals surface area contributed by atoms with Gasteiger partial charge in [0.2, 0.25) is 5.88 Å². The molecule has 0 spiro atoms. The van der Waals surface area contributed by atoms with E-state index in [2.05, 4.69) is 15.3 Å². The summed E-state index contributed by atoms with van der Waals surface area (Å²) in [6, 6.07) is 11.4. The third-order valence-corrected chi connectivity index (χ3v) is 4.45. The lowest BCUT2D eigenvalue weighted by Gasteiger charge is -2.05. The van der Waals surface area contributed by atoms with Crippen LogP contribution >= 0.6 is 11.3 Å². The highest BCUT2D eigenvalue weighted by molar-refractivity contribution is 7.09. The Hall–Kier alpha value is -2.93. The summed E-state index contributed by atoms with van der Waals surface area (Å²) in [4.78, 5) is 20.6. The molecular formula is C19H19N3O3S. The van der Waals surface area contributed by atoms with Crippen molar-refractivity contribution in [2.24, 2.45) is 0 Å². The first-order valence-corrected chi connectivity index (χ1v) is 8.93. The number of pyridine rings is 1. The van der Waals surface area contributed by atoms with Crippen LogP contribution in [0.5, 0.6) is 11.6 Å². The average Bonchev–Trinajstić information content (AvgIpc) is 3.15. The van der Waals surface area contributed by atoms with Gasteiger partial charge in [0.1, 0.15) is 23.1 Å². The van der Waals surface area contributed by atoms with E-state index in [4.69, 9.17) is 9.47 Å². The van der Waals surface area contributed by atoms with E-state index in [0.29, 0.717) is 24.7 Å². The van der Waals surface area contributed by atoms with Crippen molar-refractivity contribution >= 4 is 17.2 Å². The Labute approximate surface area is 155 Å². The summed E-state index contributed by atoms with van der Waals surface area (Å²) in [5, 5.41) is 5.32. The maximum Gasteiger partial charge on any atom is 0.271 e.